The number of carbonyl (C=O) groups excluding carboxylic acids is 2. The molecule has 2 aromatic carbocycles. The summed E-state index contributed by atoms with van der Waals surface area (Å²) in [5.74, 6) is 1.85. The zero-order valence-corrected chi connectivity index (χ0v) is 23.2. The van der Waals surface area contributed by atoms with Gasteiger partial charge in [0.2, 0.25) is 0 Å². The van der Waals surface area contributed by atoms with Gasteiger partial charge >= 0.3 is 21.7 Å². The molecule has 2 saturated carbocycles. The molecule has 0 amide bonds. The number of carboxylic acid groups (broad SMARTS) is 2. The first-order valence-electron chi connectivity index (χ1n) is 11.3. The molecule has 6 nitrogen and oxygen atoms in total. The van der Waals surface area contributed by atoms with E-state index in [0.717, 1.165) is 0 Å². The van der Waals surface area contributed by atoms with Gasteiger partial charge in [-0.3, -0.25) is 0 Å². The fourth-order valence-electron chi connectivity index (χ4n) is 2.84. The number of rotatable bonds is 6. The molecule has 190 valence electrons. The molecule has 0 heterocycles. The molecule has 10 radical (unpaired) electrons. The van der Waals surface area contributed by atoms with Crippen molar-refractivity contribution < 1.29 is 51.0 Å². The maximum absolute atomic E-state index is 10.2. The predicted octanol–water partition coefficient (Wildman–Crippen LogP) is 2.80. The molecule has 2 aliphatic rings. The topological polar surface area (TPSA) is 98.7 Å². The molecule has 2 aliphatic carbocycles. The molecule has 2 aromatic rings. The number of aliphatic carboxylic acids is 2. The molecule has 37 heavy (non-hydrogen) atoms. The quantitative estimate of drug-likeness (QED) is 0.527. The van der Waals surface area contributed by atoms with E-state index in [0.29, 0.717) is 22.6 Å². The van der Waals surface area contributed by atoms with Gasteiger partial charge < -0.3 is 29.3 Å². The second-order valence-corrected chi connectivity index (χ2v) is 7.73. The molecule has 0 aliphatic heterocycles. The summed E-state index contributed by atoms with van der Waals surface area (Å²) in [7, 11) is 3.08. The molecule has 4 rings (SSSR count). The van der Waals surface area contributed by atoms with Crippen LogP contribution >= 0.6 is 0 Å². The fraction of sp³-hybridized carbons (Fsp3) is 0.200. The van der Waals surface area contributed by atoms with E-state index >= 15 is 0 Å². The van der Waals surface area contributed by atoms with Gasteiger partial charge in [-0.25, -0.2) is 0 Å². The third-order valence-corrected chi connectivity index (χ3v) is 4.62. The Morgan fingerprint density at radius 2 is 0.973 bits per heavy atom. The molecule has 0 bridgehead atoms. The molecule has 0 atom stereocenters. The van der Waals surface area contributed by atoms with E-state index in [2.05, 4.69) is 39.5 Å². The van der Waals surface area contributed by atoms with Gasteiger partial charge in [0.25, 0.3) is 0 Å². The Balaban J connectivity index is 0.000000485. The van der Waals surface area contributed by atoms with Crippen LogP contribution in [0, 0.1) is 63.2 Å². The van der Waals surface area contributed by atoms with Gasteiger partial charge in [-0.15, -0.1) is 0 Å². The average Bonchev–Trinajstić information content (AvgIpc) is 3.53. The first kappa shape index (κ1) is 34.7. The summed E-state index contributed by atoms with van der Waals surface area (Å²) in [6, 6.07) is 13.8. The molecule has 0 aromatic heterocycles. The van der Waals surface area contributed by atoms with Crippen molar-refractivity contribution in [3.8, 4) is 11.5 Å². The van der Waals surface area contributed by atoms with Crippen LogP contribution in [0.3, 0.4) is 0 Å². The molecule has 0 unspecified atom stereocenters. The van der Waals surface area contributed by atoms with Crippen molar-refractivity contribution in [2.24, 2.45) is 0 Å². The van der Waals surface area contributed by atoms with E-state index in [1.165, 1.54) is 26.1 Å². The van der Waals surface area contributed by atoms with E-state index in [9.17, 15) is 19.8 Å². The van der Waals surface area contributed by atoms with Crippen molar-refractivity contribution in [1.82, 2.24) is 0 Å². The van der Waals surface area contributed by atoms with Gasteiger partial charge in [0.15, 0.2) is 0 Å². The summed E-state index contributed by atoms with van der Waals surface area (Å²) in [6.45, 7) is 4.17. The van der Waals surface area contributed by atoms with Crippen molar-refractivity contribution in [3.05, 3.63) is 123 Å². The number of hydrogen-bond acceptors (Lipinski definition) is 6. The van der Waals surface area contributed by atoms with Gasteiger partial charge in [-0.05, 0) is 98.6 Å². The van der Waals surface area contributed by atoms with Crippen molar-refractivity contribution in [1.29, 1.82) is 0 Å². The summed E-state index contributed by atoms with van der Waals surface area (Å²) >= 11 is 0. The van der Waals surface area contributed by atoms with E-state index in [1.807, 2.05) is 25.7 Å². The van der Waals surface area contributed by atoms with Crippen molar-refractivity contribution in [2.45, 2.75) is 26.7 Å². The van der Waals surface area contributed by atoms with Gasteiger partial charge in [-0.1, -0.05) is 38.1 Å². The number of methoxy groups -OCH3 is 2. The number of ether oxygens (including phenoxy) is 2. The molecular weight excluding hydrogens is 504 g/mol. The van der Waals surface area contributed by atoms with Crippen LogP contribution in [-0.4, -0.2) is 26.2 Å². The minimum atomic E-state index is -1.08. The number of hydrogen-bond donors (Lipinski definition) is 0. The second kappa shape index (κ2) is 20.7. The van der Waals surface area contributed by atoms with Gasteiger partial charge in [0.05, 0.1) is 14.2 Å². The SMILES string of the molecule is COc1cccc(CC(=O)[O-])c1.COc1cccc(CC(=O)[O-])c1.C[C]1[CH][CH][CH][CH]1.C[C]1[CH][CH][CH][CH]1.[Ti+4]. The van der Waals surface area contributed by atoms with Crippen LogP contribution in [0.4, 0.5) is 0 Å². The summed E-state index contributed by atoms with van der Waals surface area (Å²) in [5.41, 5.74) is 1.38. The van der Waals surface area contributed by atoms with E-state index in [-0.39, 0.29) is 34.6 Å². The Morgan fingerprint density at radius 1 is 0.649 bits per heavy atom. The smallest absolute Gasteiger partial charge is 0.550 e. The maximum Gasteiger partial charge on any atom is 4.00 e. The normalized spacial score (nSPS) is 14.4. The van der Waals surface area contributed by atoms with Crippen LogP contribution in [0.15, 0.2) is 48.5 Å². The van der Waals surface area contributed by atoms with Crippen LogP contribution in [0.5, 0.6) is 11.5 Å². The summed E-state index contributed by atoms with van der Waals surface area (Å²) < 4.78 is 9.85. The average molecular weight is 536 g/mol. The van der Waals surface area contributed by atoms with Gasteiger partial charge in [-0.2, -0.15) is 0 Å². The molecule has 0 N–H and O–H groups in total. The minimum absolute atomic E-state index is 0. The third-order valence-electron chi connectivity index (χ3n) is 4.62. The Morgan fingerprint density at radius 3 is 1.19 bits per heavy atom. The maximum atomic E-state index is 10.2. The van der Waals surface area contributed by atoms with Crippen LogP contribution in [0.2, 0.25) is 0 Å². The zero-order valence-electron chi connectivity index (χ0n) is 21.6. The minimum Gasteiger partial charge on any atom is -0.550 e. The second-order valence-electron chi connectivity index (χ2n) is 7.73. The van der Waals surface area contributed by atoms with Gasteiger partial charge in [0, 0.05) is 24.8 Å². The largest absolute Gasteiger partial charge is 4.00 e. The number of carboxylic acids is 2. The molecule has 0 spiro atoms. The predicted molar refractivity (Wildman–Crippen MR) is 136 cm³/mol. The number of carbonyl (C=O) groups is 2. The van der Waals surface area contributed by atoms with Crippen LogP contribution < -0.4 is 19.7 Å². The monoisotopic (exact) mass is 536 g/mol. The van der Waals surface area contributed by atoms with Crippen molar-refractivity contribution >= 4 is 11.9 Å². The van der Waals surface area contributed by atoms with E-state index < -0.39 is 11.9 Å². The van der Waals surface area contributed by atoms with E-state index in [4.69, 9.17) is 9.47 Å². The third kappa shape index (κ3) is 17.7. The first-order valence-corrected chi connectivity index (χ1v) is 11.3. The standard InChI is InChI=1S/2C9H10O3.2C6H7.Ti/c2*1-12-8-4-2-3-7(5-8)6-9(10)11;2*1-6-4-2-3-5-6;/h2*2-5H,6H2,1H3,(H,10,11);2*2-5H,1H3;/q;;;;+4/p-2. The summed E-state index contributed by atoms with van der Waals surface area (Å²) in [4.78, 5) is 20.4. The van der Waals surface area contributed by atoms with E-state index in [1.54, 1.807) is 48.5 Å². The zero-order chi connectivity index (χ0) is 26.8. The van der Waals surface area contributed by atoms with Crippen molar-refractivity contribution in [2.75, 3.05) is 14.2 Å². The van der Waals surface area contributed by atoms with Crippen molar-refractivity contribution in [3.63, 3.8) is 0 Å². The Bertz CT molecular complexity index is 816. The summed E-state index contributed by atoms with van der Waals surface area (Å²) in [6.07, 6.45) is 16.3. The fourth-order valence-corrected chi connectivity index (χ4v) is 2.84. The Kier molecular flexibility index (Phi) is 19.4. The molecular formula is C30H32O6Ti+2. The van der Waals surface area contributed by atoms with Gasteiger partial charge in [0.1, 0.15) is 11.5 Å². The molecule has 0 saturated heterocycles. The summed E-state index contributed by atoms with van der Waals surface area (Å²) in [5, 5.41) is 20.4. The van der Waals surface area contributed by atoms with Crippen LogP contribution in [0.1, 0.15) is 25.0 Å². The Labute approximate surface area is 237 Å². The van der Waals surface area contributed by atoms with Crippen LogP contribution in [0.25, 0.3) is 0 Å². The number of benzene rings is 2. The molecule has 2 fully saturated rings. The Hall–Kier alpha value is -2.31. The molecule has 7 heteroatoms. The first-order chi connectivity index (χ1) is 17.2. The van der Waals surface area contributed by atoms with Crippen LogP contribution in [-0.2, 0) is 44.1 Å².